The Morgan fingerprint density at radius 2 is 1.62 bits per heavy atom. The fourth-order valence-electron chi connectivity index (χ4n) is 4.06. The fraction of sp³-hybridized carbons (Fsp3) is 0.913. The molecule has 0 aliphatic heterocycles. The van der Waals surface area contributed by atoms with Gasteiger partial charge in [0.2, 0.25) is 0 Å². The lowest BCUT2D eigenvalue weighted by Gasteiger charge is -2.30. The Bertz CT molecular complexity index is 449. The zero-order chi connectivity index (χ0) is 21.5. The topological polar surface area (TPSA) is 84.9 Å². The first kappa shape index (κ1) is 25.9. The van der Waals surface area contributed by atoms with Crippen LogP contribution in [-0.2, 0) is 19.1 Å². The van der Waals surface area contributed by atoms with Gasteiger partial charge in [-0.05, 0) is 64.3 Å². The van der Waals surface area contributed by atoms with Gasteiger partial charge in [0, 0.05) is 6.42 Å². The van der Waals surface area contributed by atoms with Crippen LogP contribution in [0.1, 0.15) is 91.4 Å². The van der Waals surface area contributed by atoms with E-state index in [2.05, 4.69) is 12.2 Å². The number of hydrogen-bond donors (Lipinski definition) is 2. The molecular formula is C23H43NO5. The first-order valence-corrected chi connectivity index (χ1v) is 11.7. The molecule has 0 amide bonds. The fourth-order valence-corrected chi connectivity index (χ4v) is 4.06. The largest absolute Gasteiger partial charge is 0.466 e. The van der Waals surface area contributed by atoms with Gasteiger partial charge in [-0.3, -0.25) is 9.59 Å². The quantitative estimate of drug-likeness (QED) is 0.312. The van der Waals surface area contributed by atoms with Crippen LogP contribution in [0.2, 0.25) is 0 Å². The summed E-state index contributed by atoms with van der Waals surface area (Å²) in [7, 11) is 0. The summed E-state index contributed by atoms with van der Waals surface area (Å²) in [5.74, 6) is 0.833. The van der Waals surface area contributed by atoms with Crippen molar-refractivity contribution >= 4 is 11.9 Å². The van der Waals surface area contributed by atoms with E-state index in [1.807, 2.05) is 13.8 Å². The van der Waals surface area contributed by atoms with E-state index < -0.39 is 0 Å². The van der Waals surface area contributed by atoms with E-state index in [-0.39, 0.29) is 24.1 Å². The normalized spacial score (nSPS) is 21.4. The number of esters is 2. The molecule has 0 spiro atoms. The van der Waals surface area contributed by atoms with Crippen molar-refractivity contribution in [1.82, 2.24) is 5.32 Å². The smallest absolute Gasteiger partial charge is 0.323 e. The first-order valence-electron chi connectivity index (χ1n) is 11.7. The van der Waals surface area contributed by atoms with Crippen molar-refractivity contribution in [2.45, 2.75) is 104 Å². The summed E-state index contributed by atoms with van der Waals surface area (Å²) >= 11 is 0. The van der Waals surface area contributed by atoms with Gasteiger partial charge in [0.1, 0.15) is 6.04 Å². The van der Waals surface area contributed by atoms with Gasteiger partial charge in [0.05, 0.1) is 19.3 Å². The maximum absolute atomic E-state index is 12.2. The zero-order valence-corrected chi connectivity index (χ0v) is 18.8. The molecule has 0 bridgehead atoms. The highest BCUT2D eigenvalue weighted by molar-refractivity contribution is 5.75. The molecule has 0 aromatic rings. The Morgan fingerprint density at radius 3 is 2.28 bits per heavy atom. The van der Waals surface area contributed by atoms with Crippen molar-refractivity contribution in [2.24, 2.45) is 11.8 Å². The summed E-state index contributed by atoms with van der Waals surface area (Å²) < 4.78 is 10.1. The average Bonchev–Trinajstić information content (AvgIpc) is 2.69. The van der Waals surface area contributed by atoms with Crippen LogP contribution in [0.15, 0.2) is 0 Å². The van der Waals surface area contributed by atoms with Gasteiger partial charge in [0.15, 0.2) is 0 Å². The molecule has 2 unspecified atom stereocenters. The number of ether oxygens (including phenoxy) is 2. The Kier molecular flexibility index (Phi) is 14.0. The number of aliphatic hydroxyl groups excluding tert-OH is 1. The van der Waals surface area contributed by atoms with Crippen molar-refractivity contribution in [1.29, 1.82) is 0 Å². The second-order valence-corrected chi connectivity index (χ2v) is 8.39. The molecule has 1 aliphatic rings. The van der Waals surface area contributed by atoms with E-state index in [1.54, 1.807) is 0 Å². The van der Waals surface area contributed by atoms with E-state index in [4.69, 9.17) is 9.47 Å². The van der Waals surface area contributed by atoms with Gasteiger partial charge in [-0.15, -0.1) is 0 Å². The minimum atomic E-state index is -0.321. The van der Waals surface area contributed by atoms with Crippen LogP contribution in [0.25, 0.3) is 0 Å². The van der Waals surface area contributed by atoms with Gasteiger partial charge in [-0.1, -0.05) is 39.0 Å². The highest BCUT2D eigenvalue weighted by Gasteiger charge is 2.25. The molecule has 1 fully saturated rings. The standard InChI is InChI=1S/C23H43NO5/c1-4-28-22(26)11-9-7-6-8-10-20(23(27)29-5-2)24-17-16-21(25)19-14-12-18(3)13-15-19/h18-21,24-25H,4-17H2,1-3H3/t18-,19-,20?,21?. The zero-order valence-electron chi connectivity index (χ0n) is 18.8. The van der Waals surface area contributed by atoms with E-state index in [1.165, 1.54) is 12.8 Å². The SMILES string of the molecule is CCOC(=O)CCCCCCC(NCCC(O)[C@H]1CC[C@H](C)CC1)C(=O)OCC. The average molecular weight is 414 g/mol. The van der Waals surface area contributed by atoms with Crippen molar-refractivity contribution in [3.63, 3.8) is 0 Å². The van der Waals surface area contributed by atoms with Crippen LogP contribution in [-0.4, -0.2) is 48.9 Å². The molecule has 1 saturated carbocycles. The molecule has 2 N–H and O–H groups in total. The van der Waals surface area contributed by atoms with Crippen LogP contribution < -0.4 is 5.32 Å². The minimum absolute atomic E-state index is 0.135. The summed E-state index contributed by atoms with van der Waals surface area (Å²) in [5.41, 5.74) is 0. The summed E-state index contributed by atoms with van der Waals surface area (Å²) in [6, 6.07) is -0.321. The Hall–Kier alpha value is -1.14. The van der Waals surface area contributed by atoms with Crippen molar-refractivity contribution < 1.29 is 24.2 Å². The highest BCUT2D eigenvalue weighted by Crippen LogP contribution is 2.31. The molecule has 6 heteroatoms. The minimum Gasteiger partial charge on any atom is -0.466 e. The van der Waals surface area contributed by atoms with Gasteiger partial charge in [0.25, 0.3) is 0 Å². The number of carbonyl (C=O) groups excluding carboxylic acids is 2. The Labute approximate surface area is 177 Å². The van der Waals surface area contributed by atoms with Crippen LogP contribution in [0, 0.1) is 11.8 Å². The summed E-state index contributed by atoms with van der Waals surface area (Å²) in [6.45, 7) is 7.34. The molecule has 29 heavy (non-hydrogen) atoms. The van der Waals surface area contributed by atoms with Gasteiger partial charge >= 0.3 is 11.9 Å². The lowest BCUT2D eigenvalue weighted by atomic mass is 9.79. The highest BCUT2D eigenvalue weighted by atomic mass is 16.5. The number of carbonyl (C=O) groups is 2. The predicted molar refractivity (Wildman–Crippen MR) is 115 cm³/mol. The molecule has 170 valence electrons. The van der Waals surface area contributed by atoms with Crippen LogP contribution in [0.3, 0.4) is 0 Å². The molecule has 0 heterocycles. The number of rotatable bonds is 15. The van der Waals surface area contributed by atoms with Gasteiger partial charge in [-0.25, -0.2) is 0 Å². The van der Waals surface area contributed by atoms with Crippen LogP contribution >= 0.6 is 0 Å². The van der Waals surface area contributed by atoms with Crippen LogP contribution in [0.5, 0.6) is 0 Å². The Balaban J connectivity index is 2.25. The molecular weight excluding hydrogens is 370 g/mol. The molecule has 0 aromatic heterocycles. The third-order valence-corrected chi connectivity index (χ3v) is 5.94. The maximum atomic E-state index is 12.2. The molecule has 0 radical (unpaired) electrons. The lowest BCUT2D eigenvalue weighted by molar-refractivity contribution is -0.146. The molecule has 2 atom stereocenters. The second kappa shape index (κ2) is 15.7. The predicted octanol–water partition coefficient (Wildman–Crippen LogP) is 3.99. The van der Waals surface area contributed by atoms with E-state index in [9.17, 15) is 14.7 Å². The molecule has 0 saturated heterocycles. The third kappa shape index (κ3) is 11.6. The van der Waals surface area contributed by atoms with E-state index in [0.717, 1.165) is 50.9 Å². The number of nitrogens with one attached hydrogen (secondary N) is 1. The molecule has 6 nitrogen and oxygen atoms in total. The Morgan fingerprint density at radius 1 is 0.966 bits per heavy atom. The van der Waals surface area contributed by atoms with Crippen molar-refractivity contribution in [3.05, 3.63) is 0 Å². The number of hydrogen-bond acceptors (Lipinski definition) is 6. The monoisotopic (exact) mass is 413 g/mol. The molecule has 1 rings (SSSR count). The van der Waals surface area contributed by atoms with E-state index in [0.29, 0.717) is 38.5 Å². The first-order chi connectivity index (χ1) is 14.0. The van der Waals surface area contributed by atoms with Gasteiger partial charge < -0.3 is 19.9 Å². The second-order valence-electron chi connectivity index (χ2n) is 8.39. The molecule has 1 aliphatic carbocycles. The van der Waals surface area contributed by atoms with Gasteiger partial charge in [-0.2, -0.15) is 0 Å². The third-order valence-electron chi connectivity index (χ3n) is 5.94. The maximum Gasteiger partial charge on any atom is 0.323 e. The lowest BCUT2D eigenvalue weighted by Crippen LogP contribution is -2.40. The summed E-state index contributed by atoms with van der Waals surface area (Å²) in [5, 5.41) is 13.8. The number of aliphatic hydroxyl groups is 1. The van der Waals surface area contributed by atoms with Crippen molar-refractivity contribution in [2.75, 3.05) is 19.8 Å². The molecule has 0 aromatic carbocycles. The van der Waals surface area contributed by atoms with Crippen LogP contribution in [0.4, 0.5) is 0 Å². The van der Waals surface area contributed by atoms with E-state index >= 15 is 0 Å². The summed E-state index contributed by atoms with van der Waals surface area (Å²) in [6.07, 6.45) is 9.84. The summed E-state index contributed by atoms with van der Waals surface area (Å²) in [4.78, 5) is 23.6. The number of unbranched alkanes of at least 4 members (excludes halogenated alkanes) is 3. The van der Waals surface area contributed by atoms with Crippen molar-refractivity contribution in [3.8, 4) is 0 Å².